The highest BCUT2D eigenvalue weighted by molar-refractivity contribution is 7.85. The normalized spacial score (nSPS) is 11.1. The maximum absolute atomic E-state index is 10.8. The number of benzene rings is 1. The monoisotopic (exact) mass is 244 g/mol. The Morgan fingerprint density at radius 1 is 1.31 bits per heavy atom. The van der Waals surface area contributed by atoms with Crippen molar-refractivity contribution in [2.75, 3.05) is 11.6 Å². The molecular weight excluding hydrogens is 232 g/mol. The van der Waals surface area contributed by atoms with Crippen LogP contribution in [0.1, 0.15) is 13.3 Å². The van der Waals surface area contributed by atoms with E-state index in [2.05, 4.69) is 5.29 Å². The van der Waals surface area contributed by atoms with Crippen LogP contribution in [-0.2, 0) is 10.1 Å². The van der Waals surface area contributed by atoms with E-state index in [1.165, 1.54) is 29.3 Å². The molecule has 0 unspecified atom stereocenters. The summed E-state index contributed by atoms with van der Waals surface area (Å²) < 4.78 is 30.3. The zero-order chi connectivity index (χ0) is 12.2. The van der Waals surface area contributed by atoms with Crippen molar-refractivity contribution in [3.8, 4) is 0 Å². The summed E-state index contributed by atoms with van der Waals surface area (Å²) >= 11 is 0. The Bertz CT molecular complexity index is 455. The molecule has 6 nitrogen and oxygen atoms in total. The Labute approximate surface area is 93.6 Å². The summed E-state index contributed by atoms with van der Waals surface area (Å²) in [5, 5.41) is 4.03. The van der Waals surface area contributed by atoms with E-state index in [1.807, 2.05) is 6.92 Å². The van der Waals surface area contributed by atoms with Crippen molar-refractivity contribution < 1.29 is 13.0 Å². The highest BCUT2D eigenvalue weighted by Gasteiger charge is 2.10. The zero-order valence-corrected chi connectivity index (χ0v) is 9.51. The van der Waals surface area contributed by atoms with Crippen molar-refractivity contribution in [1.82, 2.24) is 0 Å². The maximum Gasteiger partial charge on any atom is 0.294 e. The van der Waals surface area contributed by atoms with Crippen LogP contribution in [0.3, 0.4) is 0 Å². The van der Waals surface area contributed by atoms with Gasteiger partial charge in [0.2, 0.25) is 0 Å². The smallest absolute Gasteiger partial charge is 0.282 e. The molecule has 0 amide bonds. The van der Waals surface area contributed by atoms with Crippen LogP contribution in [0, 0.1) is 4.91 Å². The number of hydrogen-bond donors (Lipinski definition) is 1. The van der Waals surface area contributed by atoms with Gasteiger partial charge in [-0.2, -0.15) is 8.42 Å². The summed E-state index contributed by atoms with van der Waals surface area (Å²) in [7, 11) is -4.19. The second-order valence-electron chi connectivity index (χ2n) is 3.17. The van der Waals surface area contributed by atoms with Gasteiger partial charge in [0.15, 0.2) is 0 Å². The van der Waals surface area contributed by atoms with Gasteiger partial charge in [-0.1, -0.05) is 6.92 Å². The third kappa shape index (κ3) is 3.01. The van der Waals surface area contributed by atoms with Gasteiger partial charge in [0, 0.05) is 6.54 Å². The summed E-state index contributed by atoms with van der Waals surface area (Å²) in [5.74, 6) is 0. The molecule has 0 aromatic heterocycles. The van der Waals surface area contributed by atoms with E-state index in [9.17, 15) is 13.3 Å². The van der Waals surface area contributed by atoms with Crippen LogP contribution in [0.4, 0.5) is 5.69 Å². The summed E-state index contributed by atoms with van der Waals surface area (Å²) in [6, 6.07) is 5.28. The minimum atomic E-state index is -4.19. The van der Waals surface area contributed by atoms with Gasteiger partial charge >= 0.3 is 0 Å². The lowest BCUT2D eigenvalue weighted by molar-refractivity contribution is 0.483. The van der Waals surface area contributed by atoms with Gasteiger partial charge < -0.3 is 0 Å². The van der Waals surface area contributed by atoms with Crippen LogP contribution in [0.25, 0.3) is 0 Å². The van der Waals surface area contributed by atoms with Crippen molar-refractivity contribution in [2.45, 2.75) is 18.2 Å². The van der Waals surface area contributed by atoms with Crippen molar-refractivity contribution in [2.24, 2.45) is 5.29 Å². The lowest BCUT2D eigenvalue weighted by Gasteiger charge is -2.13. The molecule has 0 aliphatic rings. The third-order valence-electron chi connectivity index (χ3n) is 1.97. The molecule has 1 aromatic rings. The van der Waals surface area contributed by atoms with Crippen LogP contribution in [-0.4, -0.2) is 19.5 Å². The van der Waals surface area contributed by atoms with Gasteiger partial charge in [-0.25, -0.2) is 5.01 Å². The van der Waals surface area contributed by atoms with Gasteiger partial charge in [-0.05, 0) is 30.7 Å². The zero-order valence-electron chi connectivity index (χ0n) is 8.70. The Morgan fingerprint density at radius 2 is 1.88 bits per heavy atom. The number of anilines is 1. The molecule has 0 radical (unpaired) electrons. The summed E-state index contributed by atoms with van der Waals surface area (Å²) in [6.07, 6.45) is 0.742. The second-order valence-corrected chi connectivity index (χ2v) is 4.60. The third-order valence-corrected chi connectivity index (χ3v) is 2.83. The Morgan fingerprint density at radius 3 is 2.25 bits per heavy atom. The molecule has 0 spiro atoms. The standard InChI is InChI=1S/C9H12N2O4S/c1-2-7-11(10-12)8-3-5-9(6-4-8)16(13,14)15/h3-6H,2,7H2,1H3,(H,13,14,15). The fraction of sp³-hybridized carbons (Fsp3) is 0.333. The molecule has 0 fully saturated rings. The SMILES string of the molecule is CCCN(N=O)c1ccc(S(=O)(=O)O)cc1. The van der Waals surface area contributed by atoms with E-state index in [0.29, 0.717) is 12.2 Å². The van der Waals surface area contributed by atoms with Crippen molar-refractivity contribution in [3.05, 3.63) is 29.2 Å². The molecule has 0 bridgehead atoms. The number of rotatable bonds is 5. The summed E-state index contributed by atoms with van der Waals surface area (Å²) in [6.45, 7) is 2.35. The lowest BCUT2D eigenvalue weighted by atomic mass is 10.3. The number of nitroso groups, excluding NO2 is 1. The van der Waals surface area contributed by atoms with E-state index >= 15 is 0 Å². The van der Waals surface area contributed by atoms with Crippen LogP contribution in [0.15, 0.2) is 34.4 Å². The molecule has 1 rings (SSSR count). The first-order valence-corrected chi connectivity index (χ1v) is 6.11. The largest absolute Gasteiger partial charge is 0.294 e. The number of nitrogens with zero attached hydrogens (tertiary/aromatic N) is 2. The molecule has 0 aliphatic carbocycles. The highest BCUT2D eigenvalue weighted by Crippen LogP contribution is 2.18. The molecule has 1 aromatic carbocycles. The van der Waals surface area contributed by atoms with Gasteiger partial charge in [0.05, 0.1) is 15.9 Å². The van der Waals surface area contributed by atoms with Crippen molar-refractivity contribution in [3.63, 3.8) is 0 Å². The van der Waals surface area contributed by atoms with Gasteiger partial charge in [0.25, 0.3) is 10.1 Å². The van der Waals surface area contributed by atoms with Crippen LogP contribution < -0.4 is 5.01 Å². The quantitative estimate of drug-likeness (QED) is 0.485. The van der Waals surface area contributed by atoms with E-state index in [1.54, 1.807) is 0 Å². The van der Waals surface area contributed by atoms with E-state index in [0.717, 1.165) is 6.42 Å². The average molecular weight is 244 g/mol. The summed E-state index contributed by atoms with van der Waals surface area (Å²) in [4.78, 5) is 10.3. The molecular formula is C9H12N2O4S. The van der Waals surface area contributed by atoms with E-state index in [4.69, 9.17) is 4.55 Å². The Kier molecular flexibility index (Phi) is 3.97. The first-order chi connectivity index (χ1) is 7.49. The molecule has 88 valence electrons. The molecule has 0 heterocycles. The highest BCUT2D eigenvalue weighted by atomic mass is 32.2. The number of hydrogen-bond acceptors (Lipinski definition) is 4. The van der Waals surface area contributed by atoms with Crippen molar-refractivity contribution in [1.29, 1.82) is 0 Å². The molecule has 0 atom stereocenters. The lowest BCUT2D eigenvalue weighted by Crippen LogP contribution is -2.15. The Hall–Kier alpha value is -1.47. The van der Waals surface area contributed by atoms with Crippen LogP contribution >= 0.6 is 0 Å². The van der Waals surface area contributed by atoms with Gasteiger partial charge in [-0.3, -0.25) is 4.55 Å². The molecule has 16 heavy (non-hydrogen) atoms. The van der Waals surface area contributed by atoms with Crippen LogP contribution in [0.2, 0.25) is 0 Å². The molecule has 0 saturated heterocycles. The predicted molar refractivity (Wildman–Crippen MR) is 59.7 cm³/mol. The predicted octanol–water partition coefficient (Wildman–Crippen LogP) is 1.83. The van der Waals surface area contributed by atoms with E-state index in [-0.39, 0.29) is 4.90 Å². The van der Waals surface area contributed by atoms with Crippen LogP contribution in [0.5, 0.6) is 0 Å². The average Bonchev–Trinajstić information content (AvgIpc) is 2.25. The first kappa shape index (κ1) is 12.6. The molecule has 0 saturated carbocycles. The Balaban J connectivity index is 2.98. The molecule has 1 N–H and O–H groups in total. The van der Waals surface area contributed by atoms with Gasteiger partial charge in [0.1, 0.15) is 0 Å². The fourth-order valence-corrected chi connectivity index (χ4v) is 1.70. The molecule has 7 heteroatoms. The minimum absolute atomic E-state index is 0.210. The van der Waals surface area contributed by atoms with Gasteiger partial charge in [-0.15, -0.1) is 4.91 Å². The molecule has 0 aliphatic heterocycles. The maximum atomic E-state index is 10.8. The summed E-state index contributed by atoms with van der Waals surface area (Å²) in [5.41, 5.74) is 0.490. The topological polar surface area (TPSA) is 87.0 Å². The minimum Gasteiger partial charge on any atom is -0.282 e. The van der Waals surface area contributed by atoms with E-state index < -0.39 is 10.1 Å². The second kappa shape index (κ2) is 5.04. The fourth-order valence-electron chi connectivity index (χ4n) is 1.22. The first-order valence-electron chi connectivity index (χ1n) is 4.67. The van der Waals surface area contributed by atoms with Crippen molar-refractivity contribution >= 4 is 15.8 Å².